The van der Waals surface area contributed by atoms with Crippen molar-refractivity contribution in [3.8, 4) is 0 Å². The molecule has 0 aliphatic carbocycles. The van der Waals surface area contributed by atoms with Gasteiger partial charge in [-0.2, -0.15) is 0 Å². The lowest BCUT2D eigenvalue weighted by Gasteiger charge is -2.51. The number of hydrogen-bond acceptors (Lipinski definition) is 5. The number of hydrogen-bond donors (Lipinski definition) is 1. The second-order valence-electron chi connectivity index (χ2n) is 7.48. The molecule has 2 unspecified atom stereocenters. The topological polar surface area (TPSA) is 62.2 Å². The summed E-state index contributed by atoms with van der Waals surface area (Å²) in [7, 11) is 4.01. The molecule has 2 bridgehead atoms. The Morgan fingerprint density at radius 3 is 2.52 bits per heavy atom. The van der Waals surface area contributed by atoms with E-state index in [0.717, 1.165) is 12.1 Å². The highest BCUT2D eigenvalue weighted by Crippen LogP contribution is 2.37. The van der Waals surface area contributed by atoms with Gasteiger partial charge in [-0.25, -0.2) is 4.79 Å². The fourth-order valence-corrected chi connectivity index (χ4v) is 3.80. The van der Waals surface area contributed by atoms with Crippen LogP contribution < -0.4 is 0 Å². The number of piperidine rings is 1. The lowest BCUT2D eigenvalue weighted by atomic mass is 9.79. The molecule has 1 aromatic rings. The summed E-state index contributed by atoms with van der Waals surface area (Å²) in [6.07, 6.45) is 1.48. The largest absolute Gasteiger partial charge is 0.445 e. The van der Waals surface area contributed by atoms with Crippen LogP contribution in [0.15, 0.2) is 30.3 Å². The minimum atomic E-state index is -0.737. The minimum Gasteiger partial charge on any atom is -0.445 e. The summed E-state index contributed by atoms with van der Waals surface area (Å²) < 4.78 is 11.1. The van der Waals surface area contributed by atoms with Gasteiger partial charge in [0.25, 0.3) is 0 Å². The molecule has 6 heteroatoms. The number of rotatable bonds is 5. The number of fused-ring (bicyclic) bond motifs is 2. The van der Waals surface area contributed by atoms with Gasteiger partial charge in [0, 0.05) is 6.54 Å². The number of benzene rings is 1. The van der Waals surface area contributed by atoms with Gasteiger partial charge in [0.05, 0.1) is 30.9 Å². The fourth-order valence-electron chi connectivity index (χ4n) is 3.80. The summed E-state index contributed by atoms with van der Waals surface area (Å²) in [6, 6.07) is 9.42. The summed E-state index contributed by atoms with van der Waals surface area (Å²) in [4.78, 5) is 16.5. The first-order valence-corrected chi connectivity index (χ1v) is 8.91. The SMILES string of the molecule is CN(C)CCC1(O)CC2COCC(C1)N2C(=O)OCc1ccccc1. The number of carbonyl (C=O) groups is 1. The molecular formula is C19H28N2O4. The number of aliphatic hydroxyl groups is 1. The molecule has 2 saturated heterocycles. The zero-order valence-corrected chi connectivity index (χ0v) is 15.1. The quantitative estimate of drug-likeness (QED) is 0.880. The third-order valence-electron chi connectivity index (χ3n) is 5.08. The summed E-state index contributed by atoms with van der Waals surface area (Å²) in [5.74, 6) is 0. The van der Waals surface area contributed by atoms with Gasteiger partial charge in [0.15, 0.2) is 0 Å². The predicted molar refractivity (Wildman–Crippen MR) is 94.2 cm³/mol. The molecule has 2 aliphatic rings. The maximum atomic E-state index is 12.6. The van der Waals surface area contributed by atoms with Crippen LogP contribution in [0.5, 0.6) is 0 Å². The van der Waals surface area contributed by atoms with E-state index in [4.69, 9.17) is 9.47 Å². The van der Waals surface area contributed by atoms with Crippen LogP contribution in [0.2, 0.25) is 0 Å². The van der Waals surface area contributed by atoms with Crippen molar-refractivity contribution in [1.29, 1.82) is 0 Å². The van der Waals surface area contributed by atoms with Crippen LogP contribution in [0.1, 0.15) is 24.8 Å². The van der Waals surface area contributed by atoms with Crippen LogP contribution in [0.4, 0.5) is 4.79 Å². The Hall–Kier alpha value is -1.63. The molecule has 1 N–H and O–H groups in total. The van der Waals surface area contributed by atoms with E-state index in [-0.39, 0.29) is 24.8 Å². The molecule has 0 saturated carbocycles. The van der Waals surface area contributed by atoms with Gasteiger partial charge in [-0.05, 0) is 38.9 Å². The first-order valence-electron chi connectivity index (χ1n) is 8.91. The second kappa shape index (κ2) is 7.72. The molecule has 2 fully saturated rings. The second-order valence-corrected chi connectivity index (χ2v) is 7.48. The molecular weight excluding hydrogens is 320 g/mol. The molecule has 0 radical (unpaired) electrons. The van der Waals surface area contributed by atoms with E-state index < -0.39 is 5.60 Å². The van der Waals surface area contributed by atoms with E-state index in [2.05, 4.69) is 4.90 Å². The van der Waals surface area contributed by atoms with E-state index in [1.54, 1.807) is 4.90 Å². The number of morpholine rings is 1. The van der Waals surface area contributed by atoms with Gasteiger partial charge in [0.1, 0.15) is 6.61 Å². The Balaban J connectivity index is 1.61. The Morgan fingerprint density at radius 1 is 1.28 bits per heavy atom. The van der Waals surface area contributed by atoms with E-state index in [9.17, 15) is 9.90 Å². The first-order chi connectivity index (χ1) is 12.0. The van der Waals surface area contributed by atoms with Crippen LogP contribution in [0, 0.1) is 0 Å². The van der Waals surface area contributed by atoms with Crippen molar-refractivity contribution in [3.63, 3.8) is 0 Å². The lowest BCUT2D eigenvalue weighted by molar-refractivity contribution is -0.136. The third-order valence-corrected chi connectivity index (χ3v) is 5.08. The van der Waals surface area contributed by atoms with Gasteiger partial charge >= 0.3 is 6.09 Å². The van der Waals surface area contributed by atoms with Crippen LogP contribution in [0.3, 0.4) is 0 Å². The van der Waals surface area contributed by atoms with Crippen molar-refractivity contribution < 1.29 is 19.4 Å². The molecule has 2 heterocycles. The van der Waals surface area contributed by atoms with Gasteiger partial charge in [-0.1, -0.05) is 30.3 Å². The van der Waals surface area contributed by atoms with Gasteiger partial charge in [0.2, 0.25) is 0 Å². The lowest BCUT2D eigenvalue weighted by Crippen LogP contribution is -2.63. The molecule has 25 heavy (non-hydrogen) atoms. The average molecular weight is 348 g/mol. The van der Waals surface area contributed by atoms with Crippen LogP contribution in [0.25, 0.3) is 0 Å². The maximum absolute atomic E-state index is 12.6. The Morgan fingerprint density at radius 2 is 1.92 bits per heavy atom. The van der Waals surface area contributed by atoms with Crippen molar-refractivity contribution >= 4 is 6.09 Å². The van der Waals surface area contributed by atoms with E-state index in [1.165, 1.54) is 0 Å². The highest BCUT2D eigenvalue weighted by atomic mass is 16.6. The van der Waals surface area contributed by atoms with Crippen molar-refractivity contribution in [1.82, 2.24) is 9.80 Å². The molecule has 2 atom stereocenters. The average Bonchev–Trinajstić information content (AvgIpc) is 2.58. The normalized spacial score (nSPS) is 28.9. The number of carbonyl (C=O) groups excluding carboxylic acids is 1. The standard InChI is InChI=1S/C19H28N2O4/c1-20(2)9-8-19(23)10-16-13-24-14-17(11-19)21(16)18(22)25-12-15-6-4-3-5-7-15/h3-7,16-17,23H,8-14H2,1-2H3. The zero-order valence-electron chi connectivity index (χ0n) is 15.1. The van der Waals surface area contributed by atoms with E-state index in [0.29, 0.717) is 32.5 Å². The van der Waals surface area contributed by atoms with Crippen LogP contribution >= 0.6 is 0 Å². The Labute approximate surface area is 149 Å². The Bertz CT molecular complexity index is 564. The van der Waals surface area contributed by atoms with E-state index >= 15 is 0 Å². The summed E-state index contributed by atoms with van der Waals surface area (Å²) >= 11 is 0. The monoisotopic (exact) mass is 348 g/mol. The van der Waals surface area contributed by atoms with Crippen molar-refractivity contribution in [3.05, 3.63) is 35.9 Å². The zero-order chi connectivity index (χ0) is 17.9. The van der Waals surface area contributed by atoms with Crippen LogP contribution in [-0.4, -0.2) is 72.5 Å². The molecule has 1 aromatic carbocycles. The summed E-state index contributed by atoms with van der Waals surface area (Å²) in [5, 5.41) is 11.0. The fraction of sp³-hybridized carbons (Fsp3) is 0.632. The predicted octanol–water partition coefficient (Wildman–Crippen LogP) is 1.87. The van der Waals surface area contributed by atoms with E-state index in [1.807, 2.05) is 44.4 Å². The van der Waals surface area contributed by atoms with Crippen molar-refractivity contribution in [2.45, 2.75) is 43.6 Å². The molecule has 2 aliphatic heterocycles. The highest BCUT2D eigenvalue weighted by molar-refractivity contribution is 5.69. The van der Waals surface area contributed by atoms with Gasteiger partial charge in [-0.15, -0.1) is 0 Å². The summed E-state index contributed by atoms with van der Waals surface area (Å²) in [6.45, 7) is 2.01. The summed E-state index contributed by atoms with van der Waals surface area (Å²) in [5.41, 5.74) is 0.233. The van der Waals surface area contributed by atoms with Crippen LogP contribution in [-0.2, 0) is 16.1 Å². The van der Waals surface area contributed by atoms with Crippen molar-refractivity contribution in [2.24, 2.45) is 0 Å². The first kappa shape index (κ1) is 18.2. The minimum absolute atomic E-state index is 0.122. The molecule has 0 spiro atoms. The third kappa shape index (κ3) is 4.51. The molecule has 0 aromatic heterocycles. The number of nitrogens with zero attached hydrogens (tertiary/aromatic N) is 2. The number of ether oxygens (including phenoxy) is 2. The number of amides is 1. The van der Waals surface area contributed by atoms with Gasteiger partial charge < -0.3 is 19.5 Å². The smallest absolute Gasteiger partial charge is 0.410 e. The molecule has 6 nitrogen and oxygen atoms in total. The van der Waals surface area contributed by atoms with Crippen molar-refractivity contribution in [2.75, 3.05) is 33.9 Å². The van der Waals surface area contributed by atoms with Gasteiger partial charge in [-0.3, -0.25) is 4.90 Å². The molecule has 138 valence electrons. The molecule has 1 amide bonds. The maximum Gasteiger partial charge on any atom is 0.410 e. The highest BCUT2D eigenvalue weighted by Gasteiger charge is 2.48. The molecule has 3 rings (SSSR count). The Kier molecular flexibility index (Phi) is 5.61.